The van der Waals surface area contributed by atoms with Crippen LogP contribution < -0.4 is 9.64 Å². The summed E-state index contributed by atoms with van der Waals surface area (Å²) in [6, 6.07) is 12.2. The summed E-state index contributed by atoms with van der Waals surface area (Å²) in [4.78, 5) is 6.88. The maximum atomic E-state index is 5.63. The summed E-state index contributed by atoms with van der Waals surface area (Å²) in [6.45, 7) is 6.60. The lowest BCUT2D eigenvalue weighted by Gasteiger charge is -2.40. The zero-order chi connectivity index (χ0) is 18.2. The highest BCUT2D eigenvalue weighted by Gasteiger charge is 2.29. The van der Waals surface area contributed by atoms with E-state index in [2.05, 4.69) is 71.8 Å². The van der Waals surface area contributed by atoms with Gasteiger partial charge in [-0.05, 0) is 50.6 Å². The first-order valence-corrected chi connectivity index (χ1v) is 9.06. The number of hydrogen-bond acceptors (Lipinski definition) is 3. The third-order valence-electron chi connectivity index (χ3n) is 4.73. The molecule has 0 amide bonds. The van der Waals surface area contributed by atoms with Crippen LogP contribution in [0.3, 0.4) is 0 Å². The van der Waals surface area contributed by atoms with Gasteiger partial charge in [0, 0.05) is 40.6 Å². The van der Waals surface area contributed by atoms with E-state index >= 15 is 0 Å². The van der Waals surface area contributed by atoms with Crippen molar-refractivity contribution < 1.29 is 4.74 Å². The molecule has 25 heavy (non-hydrogen) atoms. The van der Waals surface area contributed by atoms with E-state index in [1.807, 2.05) is 30.5 Å². The molecule has 130 valence electrons. The van der Waals surface area contributed by atoms with E-state index in [1.165, 1.54) is 16.8 Å². The SMILES string of the molecule is COc1cc2c(cc1C=Nc1cccc(Br)c1)C(C)=CC(C)(C)N2C. The highest BCUT2D eigenvalue weighted by atomic mass is 79.9. The molecular formula is C21H23BrN2O. The molecule has 0 radical (unpaired) electrons. The lowest BCUT2D eigenvalue weighted by molar-refractivity contribution is 0.414. The summed E-state index contributed by atoms with van der Waals surface area (Å²) in [5.41, 5.74) is 5.54. The summed E-state index contributed by atoms with van der Waals surface area (Å²) < 4.78 is 6.64. The van der Waals surface area contributed by atoms with Crippen molar-refractivity contribution in [2.75, 3.05) is 19.1 Å². The minimum atomic E-state index is -0.0198. The molecule has 2 aromatic carbocycles. The summed E-state index contributed by atoms with van der Waals surface area (Å²) in [7, 11) is 3.82. The van der Waals surface area contributed by atoms with Crippen LogP contribution in [0.2, 0.25) is 0 Å². The molecule has 0 aliphatic carbocycles. The number of fused-ring (bicyclic) bond motifs is 1. The van der Waals surface area contributed by atoms with E-state index in [4.69, 9.17) is 4.74 Å². The minimum Gasteiger partial charge on any atom is -0.496 e. The average Bonchev–Trinajstić information content (AvgIpc) is 2.57. The number of likely N-dealkylation sites (N-methyl/N-ethyl adjacent to an activating group) is 1. The normalized spacial score (nSPS) is 15.9. The second kappa shape index (κ2) is 6.68. The monoisotopic (exact) mass is 398 g/mol. The Balaban J connectivity index is 2.06. The highest BCUT2D eigenvalue weighted by molar-refractivity contribution is 9.10. The van der Waals surface area contributed by atoms with Crippen LogP contribution in [0, 0.1) is 0 Å². The smallest absolute Gasteiger partial charge is 0.129 e. The van der Waals surface area contributed by atoms with Crippen molar-refractivity contribution in [2.45, 2.75) is 26.3 Å². The molecule has 3 rings (SSSR count). The molecule has 0 saturated carbocycles. The fourth-order valence-corrected chi connectivity index (χ4v) is 3.56. The Labute approximate surface area is 158 Å². The van der Waals surface area contributed by atoms with Crippen molar-refractivity contribution in [1.29, 1.82) is 0 Å². The first-order valence-electron chi connectivity index (χ1n) is 8.27. The van der Waals surface area contributed by atoms with Gasteiger partial charge in [0.25, 0.3) is 0 Å². The number of hydrogen-bond donors (Lipinski definition) is 0. The molecule has 1 aliphatic heterocycles. The summed E-state index contributed by atoms with van der Waals surface area (Å²) in [6.07, 6.45) is 4.17. The van der Waals surface area contributed by atoms with Gasteiger partial charge >= 0.3 is 0 Å². The maximum absolute atomic E-state index is 5.63. The van der Waals surface area contributed by atoms with Crippen LogP contribution in [-0.2, 0) is 0 Å². The van der Waals surface area contributed by atoms with Gasteiger partial charge in [0.2, 0.25) is 0 Å². The lowest BCUT2D eigenvalue weighted by Crippen LogP contribution is -2.42. The Bertz CT molecular complexity index is 868. The van der Waals surface area contributed by atoms with Crippen LogP contribution in [0.5, 0.6) is 5.75 Å². The maximum Gasteiger partial charge on any atom is 0.129 e. The first kappa shape index (κ1) is 17.7. The number of anilines is 1. The van der Waals surface area contributed by atoms with Gasteiger partial charge in [-0.2, -0.15) is 0 Å². The van der Waals surface area contributed by atoms with Gasteiger partial charge in [-0.15, -0.1) is 0 Å². The fourth-order valence-electron chi connectivity index (χ4n) is 3.17. The zero-order valence-electron chi connectivity index (χ0n) is 15.3. The van der Waals surface area contributed by atoms with Crippen molar-refractivity contribution in [3.8, 4) is 5.75 Å². The van der Waals surface area contributed by atoms with Crippen molar-refractivity contribution in [3.63, 3.8) is 0 Å². The number of halogens is 1. The van der Waals surface area contributed by atoms with Crippen molar-refractivity contribution in [1.82, 2.24) is 0 Å². The molecule has 0 unspecified atom stereocenters. The number of rotatable bonds is 3. The Hall–Kier alpha value is -2.07. The molecule has 0 N–H and O–H groups in total. The Morgan fingerprint density at radius 1 is 1.20 bits per heavy atom. The predicted molar refractivity (Wildman–Crippen MR) is 111 cm³/mol. The summed E-state index contributed by atoms with van der Waals surface area (Å²) in [5, 5.41) is 0. The number of nitrogens with zero attached hydrogens (tertiary/aromatic N) is 2. The molecule has 0 bridgehead atoms. The van der Waals surface area contributed by atoms with Crippen molar-refractivity contribution >= 4 is 39.1 Å². The molecule has 1 heterocycles. The molecule has 4 heteroatoms. The first-order chi connectivity index (χ1) is 11.8. The molecule has 0 fully saturated rings. The van der Waals surface area contributed by atoms with Crippen LogP contribution in [0.1, 0.15) is 31.9 Å². The van der Waals surface area contributed by atoms with Gasteiger partial charge in [0.15, 0.2) is 0 Å². The van der Waals surface area contributed by atoms with Gasteiger partial charge in [-0.3, -0.25) is 4.99 Å². The second-order valence-electron chi connectivity index (χ2n) is 6.89. The van der Waals surface area contributed by atoms with Gasteiger partial charge in [0.1, 0.15) is 5.75 Å². The van der Waals surface area contributed by atoms with E-state index < -0.39 is 0 Å². The predicted octanol–water partition coefficient (Wildman–Crippen LogP) is 5.84. The number of allylic oxidation sites excluding steroid dienone is 1. The van der Waals surface area contributed by atoms with Crippen LogP contribution in [0.25, 0.3) is 5.57 Å². The molecule has 0 saturated heterocycles. The van der Waals surface area contributed by atoms with Crippen LogP contribution >= 0.6 is 15.9 Å². The topological polar surface area (TPSA) is 24.8 Å². The molecule has 0 spiro atoms. The Morgan fingerprint density at radius 2 is 1.96 bits per heavy atom. The standard InChI is InChI=1S/C21H23BrN2O/c1-14-12-21(2,3)24(4)19-11-20(25-5)15(9-18(14)19)13-23-17-8-6-7-16(22)10-17/h6-13H,1-5H3. The zero-order valence-corrected chi connectivity index (χ0v) is 16.9. The Kier molecular flexibility index (Phi) is 4.74. The number of aliphatic imine (C=N–C) groups is 1. The lowest BCUT2D eigenvalue weighted by atomic mass is 9.88. The van der Waals surface area contributed by atoms with Gasteiger partial charge in [0.05, 0.1) is 18.3 Å². The van der Waals surface area contributed by atoms with Gasteiger partial charge < -0.3 is 9.64 Å². The quantitative estimate of drug-likeness (QED) is 0.606. The average molecular weight is 399 g/mol. The van der Waals surface area contributed by atoms with E-state index in [0.717, 1.165) is 21.5 Å². The highest BCUT2D eigenvalue weighted by Crippen LogP contribution is 2.41. The van der Waals surface area contributed by atoms with Crippen LogP contribution in [0.4, 0.5) is 11.4 Å². The number of benzene rings is 2. The third kappa shape index (κ3) is 3.49. The van der Waals surface area contributed by atoms with Crippen LogP contribution in [-0.4, -0.2) is 25.9 Å². The van der Waals surface area contributed by atoms with Crippen molar-refractivity contribution in [2.24, 2.45) is 4.99 Å². The third-order valence-corrected chi connectivity index (χ3v) is 5.22. The van der Waals surface area contributed by atoms with Gasteiger partial charge in [-0.25, -0.2) is 0 Å². The molecule has 3 nitrogen and oxygen atoms in total. The molecule has 2 aromatic rings. The molecular weight excluding hydrogens is 376 g/mol. The Morgan fingerprint density at radius 3 is 2.64 bits per heavy atom. The van der Waals surface area contributed by atoms with Crippen LogP contribution in [0.15, 0.2) is 51.9 Å². The van der Waals surface area contributed by atoms with Gasteiger partial charge in [-0.1, -0.05) is 28.1 Å². The van der Waals surface area contributed by atoms with E-state index in [-0.39, 0.29) is 5.54 Å². The number of ether oxygens (including phenoxy) is 1. The molecule has 1 aliphatic rings. The number of methoxy groups -OCH3 is 1. The summed E-state index contributed by atoms with van der Waals surface area (Å²) in [5.74, 6) is 0.829. The fraction of sp³-hybridized carbons (Fsp3) is 0.286. The molecule has 0 aromatic heterocycles. The van der Waals surface area contributed by atoms with E-state index in [1.54, 1.807) is 7.11 Å². The largest absolute Gasteiger partial charge is 0.496 e. The molecule has 0 atom stereocenters. The minimum absolute atomic E-state index is 0.0198. The van der Waals surface area contributed by atoms with E-state index in [9.17, 15) is 0 Å². The second-order valence-corrected chi connectivity index (χ2v) is 7.81. The van der Waals surface area contributed by atoms with Crippen molar-refractivity contribution in [3.05, 3.63) is 58.1 Å². The van der Waals surface area contributed by atoms with E-state index in [0.29, 0.717) is 0 Å². The summed E-state index contributed by atoms with van der Waals surface area (Å²) >= 11 is 3.48.